The van der Waals surface area contributed by atoms with E-state index in [4.69, 9.17) is 10.3 Å². The Balaban J connectivity index is 1.55. The van der Waals surface area contributed by atoms with Crippen LogP contribution in [0.5, 0.6) is 0 Å². The number of alkyl halides is 3. The first-order chi connectivity index (χ1) is 16.7. The molecule has 0 aliphatic heterocycles. The topological polar surface area (TPSA) is 98.2 Å². The average Bonchev–Trinajstić information content (AvgIpc) is 3.33. The lowest BCUT2D eigenvalue weighted by Gasteiger charge is -2.14. The minimum absolute atomic E-state index is 0.0223. The van der Waals surface area contributed by atoms with E-state index in [9.17, 15) is 22.8 Å². The quantitative estimate of drug-likeness (QED) is 0.345. The Hall–Kier alpha value is -4.40. The van der Waals surface area contributed by atoms with Crippen LogP contribution < -0.4 is 11.1 Å². The fraction of sp³-hybridized carbons (Fsp3) is 0.115. The number of benzene rings is 3. The van der Waals surface area contributed by atoms with Gasteiger partial charge in [-0.2, -0.15) is 13.2 Å². The molecular formula is C26H20F3N3O3. The monoisotopic (exact) mass is 479 g/mol. The summed E-state index contributed by atoms with van der Waals surface area (Å²) in [6, 6.07) is 20.6. The molecule has 0 aliphatic rings. The Morgan fingerprint density at radius 1 is 0.857 bits per heavy atom. The molecule has 3 N–H and O–H groups in total. The number of carbonyl (C=O) groups excluding carboxylic acids is 2. The zero-order chi connectivity index (χ0) is 25.0. The predicted molar refractivity (Wildman–Crippen MR) is 125 cm³/mol. The van der Waals surface area contributed by atoms with Crippen LogP contribution in [0.1, 0.15) is 18.4 Å². The third-order valence-electron chi connectivity index (χ3n) is 5.27. The van der Waals surface area contributed by atoms with Crippen LogP contribution in [-0.2, 0) is 15.8 Å². The van der Waals surface area contributed by atoms with Crippen molar-refractivity contribution in [2.45, 2.75) is 19.0 Å². The van der Waals surface area contributed by atoms with Crippen LogP contribution >= 0.6 is 0 Å². The predicted octanol–water partition coefficient (Wildman–Crippen LogP) is 5.90. The molecule has 1 heterocycles. The van der Waals surface area contributed by atoms with Crippen LogP contribution in [0.25, 0.3) is 33.7 Å². The van der Waals surface area contributed by atoms with Crippen molar-refractivity contribution < 1.29 is 27.3 Å². The van der Waals surface area contributed by atoms with E-state index in [-0.39, 0.29) is 35.6 Å². The summed E-state index contributed by atoms with van der Waals surface area (Å²) in [6.07, 6.45) is -4.62. The third kappa shape index (κ3) is 5.75. The standard InChI is InChI=1S/C26H20F3N3O3/c27-26(28,29)21-14-18(8-11-20(21)16-4-2-1-3-5-16)22-15-23(35-32-22)17-6-9-19(10-7-17)31-25(34)13-12-24(30)33/h1-11,14-15H,12-13H2,(H2,30,33)(H,31,34). The summed E-state index contributed by atoms with van der Waals surface area (Å²) >= 11 is 0. The van der Waals surface area contributed by atoms with Crippen molar-refractivity contribution in [1.29, 1.82) is 0 Å². The maximum absolute atomic E-state index is 13.8. The van der Waals surface area contributed by atoms with Crippen LogP contribution in [0.4, 0.5) is 18.9 Å². The van der Waals surface area contributed by atoms with E-state index in [1.165, 1.54) is 6.07 Å². The van der Waals surface area contributed by atoms with E-state index in [1.807, 2.05) is 0 Å². The number of rotatable bonds is 7. The van der Waals surface area contributed by atoms with Gasteiger partial charge in [0.05, 0.1) is 5.56 Å². The summed E-state index contributed by atoms with van der Waals surface area (Å²) in [5.41, 5.74) is 6.48. The van der Waals surface area contributed by atoms with Gasteiger partial charge in [-0.1, -0.05) is 47.6 Å². The van der Waals surface area contributed by atoms with Crippen molar-refractivity contribution in [3.05, 3.63) is 84.4 Å². The number of hydrogen-bond donors (Lipinski definition) is 2. The molecule has 9 heteroatoms. The molecule has 0 bridgehead atoms. The van der Waals surface area contributed by atoms with E-state index < -0.39 is 17.6 Å². The van der Waals surface area contributed by atoms with Gasteiger partial charge in [-0.3, -0.25) is 9.59 Å². The second-order valence-electron chi connectivity index (χ2n) is 7.79. The normalized spacial score (nSPS) is 11.3. The molecule has 178 valence electrons. The van der Waals surface area contributed by atoms with E-state index in [2.05, 4.69) is 10.5 Å². The van der Waals surface area contributed by atoms with E-state index in [0.717, 1.165) is 6.07 Å². The lowest BCUT2D eigenvalue weighted by atomic mass is 9.96. The van der Waals surface area contributed by atoms with Crippen molar-refractivity contribution in [3.8, 4) is 33.7 Å². The molecule has 0 saturated heterocycles. The second-order valence-corrected chi connectivity index (χ2v) is 7.79. The van der Waals surface area contributed by atoms with Crippen LogP contribution in [-0.4, -0.2) is 17.0 Å². The fourth-order valence-electron chi connectivity index (χ4n) is 3.53. The van der Waals surface area contributed by atoms with Gasteiger partial charge in [0, 0.05) is 35.7 Å². The van der Waals surface area contributed by atoms with Crippen LogP contribution in [0.2, 0.25) is 0 Å². The van der Waals surface area contributed by atoms with Crippen molar-refractivity contribution in [3.63, 3.8) is 0 Å². The highest BCUT2D eigenvalue weighted by Gasteiger charge is 2.34. The number of nitrogens with zero attached hydrogens (tertiary/aromatic N) is 1. The molecule has 0 unspecified atom stereocenters. The minimum Gasteiger partial charge on any atom is -0.370 e. The molecule has 6 nitrogen and oxygen atoms in total. The number of nitrogens with one attached hydrogen (secondary N) is 1. The number of halogens is 3. The average molecular weight is 479 g/mol. The Bertz CT molecular complexity index is 1350. The van der Waals surface area contributed by atoms with Gasteiger partial charge >= 0.3 is 6.18 Å². The molecule has 0 saturated carbocycles. The molecule has 0 aliphatic carbocycles. The second kappa shape index (κ2) is 9.84. The first-order valence-electron chi connectivity index (χ1n) is 10.6. The van der Waals surface area contributed by atoms with E-state index in [1.54, 1.807) is 66.7 Å². The molecule has 0 fully saturated rings. The molecule has 4 rings (SSSR count). The highest BCUT2D eigenvalue weighted by Crippen LogP contribution is 2.39. The molecular weight excluding hydrogens is 459 g/mol. The first-order valence-corrected chi connectivity index (χ1v) is 10.6. The maximum atomic E-state index is 13.8. The summed E-state index contributed by atoms with van der Waals surface area (Å²) in [5, 5.41) is 6.59. The minimum atomic E-state index is -4.55. The summed E-state index contributed by atoms with van der Waals surface area (Å²) in [4.78, 5) is 22.6. The number of hydrogen-bond acceptors (Lipinski definition) is 4. The molecule has 0 atom stereocenters. The molecule has 0 spiro atoms. The zero-order valence-electron chi connectivity index (χ0n) is 18.3. The number of nitrogens with two attached hydrogens (primary N) is 1. The molecule has 35 heavy (non-hydrogen) atoms. The number of aromatic nitrogens is 1. The van der Waals surface area contributed by atoms with Gasteiger partial charge in [0.25, 0.3) is 0 Å². The van der Waals surface area contributed by atoms with Gasteiger partial charge < -0.3 is 15.6 Å². The van der Waals surface area contributed by atoms with Gasteiger partial charge in [-0.25, -0.2) is 0 Å². The SMILES string of the molecule is NC(=O)CCC(=O)Nc1ccc(-c2cc(-c3ccc(-c4ccccc4)c(C(F)(F)F)c3)no2)cc1. The fourth-order valence-corrected chi connectivity index (χ4v) is 3.53. The van der Waals surface area contributed by atoms with E-state index >= 15 is 0 Å². The van der Waals surface area contributed by atoms with Gasteiger partial charge in [-0.05, 0) is 41.5 Å². The Kier molecular flexibility index (Phi) is 6.68. The first kappa shape index (κ1) is 23.7. The lowest BCUT2D eigenvalue weighted by Crippen LogP contribution is -2.17. The Labute approximate surface area is 198 Å². The van der Waals surface area contributed by atoms with Crippen molar-refractivity contribution in [2.75, 3.05) is 5.32 Å². The Morgan fingerprint density at radius 2 is 1.54 bits per heavy atom. The van der Waals surface area contributed by atoms with Crippen molar-refractivity contribution >= 4 is 17.5 Å². The summed E-state index contributed by atoms with van der Waals surface area (Å²) < 4.78 is 46.8. The summed E-state index contributed by atoms with van der Waals surface area (Å²) in [6.45, 7) is 0. The lowest BCUT2D eigenvalue weighted by molar-refractivity contribution is -0.137. The van der Waals surface area contributed by atoms with Crippen LogP contribution in [0, 0.1) is 0 Å². The maximum Gasteiger partial charge on any atom is 0.417 e. The van der Waals surface area contributed by atoms with Crippen LogP contribution in [0.15, 0.2) is 83.4 Å². The third-order valence-corrected chi connectivity index (χ3v) is 5.27. The zero-order valence-corrected chi connectivity index (χ0v) is 18.3. The highest BCUT2D eigenvalue weighted by molar-refractivity contribution is 5.93. The highest BCUT2D eigenvalue weighted by atomic mass is 19.4. The van der Waals surface area contributed by atoms with Gasteiger partial charge in [0.2, 0.25) is 11.8 Å². The van der Waals surface area contributed by atoms with Gasteiger partial charge in [0.15, 0.2) is 5.76 Å². The largest absolute Gasteiger partial charge is 0.417 e. The smallest absolute Gasteiger partial charge is 0.370 e. The molecule has 1 aromatic heterocycles. The van der Waals surface area contributed by atoms with Gasteiger partial charge in [0.1, 0.15) is 5.69 Å². The van der Waals surface area contributed by atoms with Crippen molar-refractivity contribution in [2.24, 2.45) is 5.73 Å². The van der Waals surface area contributed by atoms with Crippen LogP contribution in [0.3, 0.4) is 0 Å². The molecule has 2 amide bonds. The number of primary amides is 1. The number of carbonyl (C=O) groups is 2. The van der Waals surface area contributed by atoms with Crippen molar-refractivity contribution in [1.82, 2.24) is 5.16 Å². The molecule has 0 radical (unpaired) electrons. The molecule has 3 aromatic carbocycles. The van der Waals surface area contributed by atoms with Gasteiger partial charge in [-0.15, -0.1) is 0 Å². The summed E-state index contributed by atoms with van der Waals surface area (Å²) in [7, 11) is 0. The number of amides is 2. The summed E-state index contributed by atoms with van der Waals surface area (Å²) in [5.74, 6) is -0.557. The number of anilines is 1. The Morgan fingerprint density at radius 3 is 2.20 bits per heavy atom. The van der Waals surface area contributed by atoms with E-state index in [0.29, 0.717) is 22.6 Å². The molecule has 4 aromatic rings.